The van der Waals surface area contributed by atoms with Crippen molar-refractivity contribution in [3.05, 3.63) is 0 Å². The van der Waals surface area contributed by atoms with Crippen molar-refractivity contribution in [1.82, 2.24) is 5.32 Å². The van der Waals surface area contributed by atoms with Crippen LogP contribution in [0.2, 0.25) is 0 Å². The van der Waals surface area contributed by atoms with Gasteiger partial charge in [0.2, 0.25) is 0 Å². The van der Waals surface area contributed by atoms with Crippen LogP contribution < -0.4 is 5.32 Å². The average molecular weight is 227 g/mol. The zero-order chi connectivity index (χ0) is 12.1. The summed E-state index contributed by atoms with van der Waals surface area (Å²) in [4.78, 5) is 0. The third-order valence-corrected chi connectivity index (χ3v) is 3.79. The minimum Gasteiger partial charge on any atom is -0.374 e. The lowest BCUT2D eigenvalue weighted by Gasteiger charge is -2.33. The smallest absolute Gasteiger partial charge is 0.0675 e. The molecule has 0 radical (unpaired) electrons. The molecule has 1 aliphatic carbocycles. The van der Waals surface area contributed by atoms with Gasteiger partial charge in [-0.2, -0.15) is 0 Å². The summed E-state index contributed by atoms with van der Waals surface area (Å²) >= 11 is 0. The first-order valence-corrected chi connectivity index (χ1v) is 6.87. The van der Waals surface area contributed by atoms with E-state index in [0.29, 0.717) is 18.2 Å². The molecule has 1 aliphatic rings. The van der Waals surface area contributed by atoms with Gasteiger partial charge in [-0.3, -0.25) is 0 Å². The maximum atomic E-state index is 6.10. The highest BCUT2D eigenvalue weighted by Crippen LogP contribution is 2.31. The highest BCUT2D eigenvalue weighted by molar-refractivity contribution is 4.76. The molecule has 0 aromatic rings. The Labute approximate surface area is 101 Å². The van der Waals surface area contributed by atoms with Crippen molar-refractivity contribution in [2.45, 2.75) is 72.1 Å². The second-order valence-electron chi connectivity index (χ2n) is 5.90. The molecule has 0 aliphatic heterocycles. The fourth-order valence-corrected chi connectivity index (χ4v) is 2.40. The molecule has 0 bridgehead atoms. The van der Waals surface area contributed by atoms with Crippen molar-refractivity contribution >= 4 is 0 Å². The maximum Gasteiger partial charge on any atom is 0.0675 e. The molecule has 4 unspecified atom stereocenters. The average Bonchev–Trinajstić information content (AvgIpc) is 2.21. The van der Waals surface area contributed by atoms with Gasteiger partial charge in [0.25, 0.3) is 0 Å². The number of hydrogen-bond acceptors (Lipinski definition) is 2. The van der Waals surface area contributed by atoms with Crippen LogP contribution in [0.25, 0.3) is 0 Å². The molecular weight excluding hydrogens is 198 g/mol. The number of ether oxygens (including phenoxy) is 1. The summed E-state index contributed by atoms with van der Waals surface area (Å²) in [7, 11) is 0. The topological polar surface area (TPSA) is 21.3 Å². The lowest BCUT2D eigenvalue weighted by atomic mass is 9.80. The molecule has 1 rings (SSSR count). The molecule has 1 saturated carbocycles. The largest absolute Gasteiger partial charge is 0.374 e. The monoisotopic (exact) mass is 227 g/mol. The number of nitrogens with one attached hydrogen (secondary N) is 1. The van der Waals surface area contributed by atoms with Crippen LogP contribution in [0, 0.1) is 11.8 Å². The molecule has 1 fully saturated rings. The Morgan fingerprint density at radius 1 is 1.12 bits per heavy atom. The van der Waals surface area contributed by atoms with Gasteiger partial charge in [0.05, 0.1) is 12.2 Å². The molecule has 96 valence electrons. The lowest BCUT2D eigenvalue weighted by Crippen LogP contribution is -2.36. The minimum atomic E-state index is 0.341. The SMILES string of the molecule is CC(C)NCC(C)OC1CCC(C)C(C)C1. The molecular formula is C14H29NO. The molecule has 2 nitrogen and oxygen atoms in total. The van der Waals surface area contributed by atoms with Gasteiger partial charge in [0, 0.05) is 12.6 Å². The second-order valence-corrected chi connectivity index (χ2v) is 5.90. The van der Waals surface area contributed by atoms with Crippen LogP contribution >= 0.6 is 0 Å². The first kappa shape index (κ1) is 14.0. The van der Waals surface area contributed by atoms with Crippen LogP contribution in [0.1, 0.15) is 53.9 Å². The Kier molecular flexibility index (Phi) is 5.77. The Morgan fingerprint density at radius 2 is 1.81 bits per heavy atom. The van der Waals surface area contributed by atoms with Gasteiger partial charge in [-0.05, 0) is 38.0 Å². The van der Waals surface area contributed by atoms with Crippen molar-refractivity contribution in [3.63, 3.8) is 0 Å². The van der Waals surface area contributed by atoms with Gasteiger partial charge in [-0.15, -0.1) is 0 Å². The molecule has 0 aromatic carbocycles. The third-order valence-electron chi connectivity index (χ3n) is 3.79. The summed E-state index contributed by atoms with van der Waals surface area (Å²) in [5.74, 6) is 1.70. The normalized spacial score (nSPS) is 33.0. The fraction of sp³-hybridized carbons (Fsp3) is 1.00. The first-order valence-electron chi connectivity index (χ1n) is 6.87. The summed E-state index contributed by atoms with van der Waals surface area (Å²) in [5, 5.41) is 3.43. The molecule has 0 aromatic heterocycles. The van der Waals surface area contributed by atoms with Crippen molar-refractivity contribution < 1.29 is 4.74 Å². The van der Waals surface area contributed by atoms with Crippen LogP contribution in [0.4, 0.5) is 0 Å². The van der Waals surface area contributed by atoms with E-state index >= 15 is 0 Å². The van der Waals surface area contributed by atoms with Gasteiger partial charge < -0.3 is 10.1 Å². The van der Waals surface area contributed by atoms with Crippen molar-refractivity contribution in [3.8, 4) is 0 Å². The summed E-state index contributed by atoms with van der Waals surface area (Å²) < 4.78 is 6.10. The Bertz CT molecular complexity index is 193. The summed E-state index contributed by atoms with van der Waals surface area (Å²) in [5.41, 5.74) is 0. The van der Waals surface area contributed by atoms with Crippen LogP contribution in [-0.2, 0) is 4.74 Å². The van der Waals surface area contributed by atoms with E-state index < -0.39 is 0 Å². The number of rotatable bonds is 5. The van der Waals surface area contributed by atoms with Crippen LogP contribution in [-0.4, -0.2) is 24.8 Å². The molecule has 0 heterocycles. The van der Waals surface area contributed by atoms with E-state index in [2.05, 4.69) is 39.9 Å². The van der Waals surface area contributed by atoms with Crippen LogP contribution in [0.5, 0.6) is 0 Å². The van der Waals surface area contributed by atoms with Crippen LogP contribution in [0.3, 0.4) is 0 Å². The van der Waals surface area contributed by atoms with Crippen molar-refractivity contribution in [2.24, 2.45) is 11.8 Å². The standard InChI is InChI=1S/C14H29NO/c1-10(2)15-9-13(5)16-14-7-6-11(3)12(4)8-14/h10-15H,6-9H2,1-5H3. The highest BCUT2D eigenvalue weighted by Gasteiger charge is 2.26. The summed E-state index contributed by atoms with van der Waals surface area (Å²) in [6, 6.07) is 0.552. The van der Waals surface area contributed by atoms with E-state index in [-0.39, 0.29) is 0 Å². The van der Waals surface area contributed by atoms with Gasteiger partial charge in [0.1, 0.15) is 0 Å². The Hall–Kier alpha value is -0.0800. The predicted molar refractivity (Wildman–Crippen MR) is 69.7 cm³/mol. The zero-order valence-electron chi connectivity index (χ0n) is 11.6. The molecule has 0 amide bonds. The van der Waals surface area contributed by atoms with Crippen molar-refractivity contribution in [1.29, 1.82) is 0 Å². The third kappa shape index (κ3) is 4.84. The first-order chi connectivity index (χ1) is 7.49. The van der Waals surface area contributed by atoms with E-state index in [0.717, 1.165) is 18.4 Å². The molecule has 0 spiro atoms. The van der Waals surface area contributed by atoms with Gasteiger partial charge >= 0.3 is 0 Å². The Morgan fingerprint density at radius 3 is 2.38 bits per heavy atom. The number of hydrogen-bond donors (Lipinski definition) is 1. The Balaban J connectivity index is 2.21. The summed E-state index contributed by atoms with van der Waals surface area (Å²) in [6.07, 6.45) is 4.66. The van der Waals surface area contributed by atoms with Crippen molar-refractivity contribution in [2.75, 3.05) is 6.54 Å². The van der Waals surface area contributed by atoms with Gasteiger partial charge in [-0.1, -0.05) is 27.7 Å². The molecule has 1 N–H and O–H groups in total. The van der Waals surface area contributed by atoms with E-state index in [1.54, 1.807) is 0 Å². The molecule has 0 saturated heterocycles. The minimum absolute atomic E-state index is 0.341. The van der Waals surface area contributed by atoms with Crippen LogP contribution in [0.15, 0.2) is 0 Å². The zero-order valence-corrected chi connectivity index (χ0v) is 11.6. The predicted octanol–water partition coefficient (Wildman–Crippen LogP) is 3.21. The quantitative estimate of drug-likeness (QED) is 0.778. The fourth-order valence-electron chi connectivity index (χ4n) is 2.40. The van der Waals surface area contributed by atoms with Gasteiger partial charge in [-0.25, -0.2) is 0 Å². The van der Waals surface area contributed by atoms with E-state index in [1.807, 2.05) is 0 Å². The lowest BCUT2D eigenvalue weighted by molar-refractivity contribution is -0.0389. The van der Waals surface area contributed by atoms with E-state index in [1.165, 1.54) is 19.3 Å². The maximum absolute atomic E-state index is 6.10. The van der Waals surface area contributed by atoms with E-state index in [9.17, 15) is 0 Å². The molecule has 4 atom stereocenters. The molecule has 2 heteroatoms. The van der Waals surface area contributed by atoms with Gasteiger partial charge in [0.15, 0.2) is 0 Å². The van der Waals surface area contributed by atoms with E-state index in [4.69, 9.17) is 4.74 Å². The second kappa shape index (κ2) is 6.61. The summed E-state index contributed by atoms with van der Waals surface area (Å²) in [6.45, 7) is 12.2. The highest BCUT2D eigenvalue weighted by atomic mass is 16.5. The molecule has 16 heavy (non-hydrogen) atoms.